The first kappa shape index (κ1) is 21.7. The normalized spacial score (nSPS) is 11.2. The van der Waals surface area contributed by atoms with Crippen molar-refractivity contribution in [3.63, 3.8) is 0 Å². The molecule has 9 nitrogen and oxygen atoms in total. The Bertz CT molecular complexity index is 1110. The van der Waals surface area contributed by atoms with Gasteiger partial charge in [0, 0.05) is 18.7 Å². The molecule has 3 aromatic rings. The van der Waals surface area contributed by atoms with Gasteiger partial charge in [0.25, 0.3) is 11.6 Å². The molecule has 0 saturated heterocycles. The van der Waals surface area contributed by atoms with Crippen molar-refractivity contribution in [2.75, 3.05) is 6.61 Å². The fraction of sp³-hybridized carbons (Fsp3) is 0.211. The highest BCUT2D eigenvalue weighted by molar-refractivity contribution is 5.93. The van der Waals surface area contributed by atoms with E-state index in [4.69, 9.17) is 0 Å². The minimum absolute atomic E-state index is 0.0102. The summed E-state index contributed by atoms with van der Waals surface area (Å²) < 4.78 is 42.8. The summed E-state index contributed by atoms with van der Waals surface area (Å²) in [6.45, 7) is 0.188. The number of carbonyl (C=O) groups is 1. The lowest BCUT2D eigenvalue weighted by Crippen LogP contribution is -2.24. The van der Waals surface area contributed by atoms with E-state index in [1.54, 1.807) is 19.1 Å². The van der Waals surface area contributed by atoms with Gasteiger partial charge >= 0.3 is 6.18 Å². The van der Waals surface area contributed by atoms with E-state index in [0.29, 0.717) is 16.9 Å². The van der Waals surface area contributed by atoms with E-state index in [-0.39, 0.29) is 23.7 Å². The van der Waals surface area contributed by atoms with Crippen molar-refractivity contribution in [1.82, 2.24) is 20.3 Å². The van der Waals surface area contributed by atoms with Crippen LogP contribution >= 0.6 is 0 Å². The van der Waals surface area contributed by atoms with Crippen LogP contribution in [0.3, 0.4) is 0 Å². The standard InChI is InChI=1S/C19H16F3N5O4/c1-12-17(24-25-26(12)14-5-3-6-15(9-14)27(29)30)18(28)23-10-13-4-2-7-16(8-13)31-11-19(20,21)22/h2-9H,10-11H2,1H3,(H,23,28). The Labute approximate surface area is 173 Å². The van der Waals surface area contributed by atoms with E-state index < -0.39 is 23.6 Å². The van der Waals surface area contributed by atoms with E-state index >= 15 is 0 Å². The van der Waals surface area contributed by atoms with E-state index in [1.807, 2.05) is 0 Å². The molecule has 2 aromatic carbocycles. The fourth-order valence-corrected chi connectivity index (χ4v) is 2.70. The third-order valence-corrected chi connectivity index (χ3v) is 4.15. The number of hydrogen-bond donors (Lipinski definition) is 1. The van der Waals surface area contributed by atoms with Crippen molar-refractivity contribution in [3.05, 3.63) is 75.6 Å². The summed E-state index contributed by atoms with van der Waals surface area (Å²) in [5.74, 6) is -0.535. The predicted molar refractivity (Wildman–Crippen MR) is 102 cm³/mol. The number of aromatic nitrogens is 3. The molecule has 0 unspecified atom stereocenters. The molecule has 0 aliphatic heterocycles. The van der Waals surface area contributed by atoms with Crippen molar-refractivity contribution in [2.45, 2.75) is 19.6 Å². The summed E-state index contributed by atoms with van der Waals surface area (Å²) in [5.41, 5.74) is 1.13. The Morgan fingerprint density at radius 3 is 2.68 bits per heavy atom. The van der Waals surface area contributed by atoms with Crippen LogP contribution in [-0.2, 0) is 6.54 Å². The fourth-order valence-electron chi connectivity index (χ4n) is 2.70. The maximum atomic E-state index is 12.5. The molecule has 0 atom stereocenters. The lowest BCUT2D eigenvalue weighted by molar-refractivity contribution is -0.384. The van der Waals surface area contributed by atoms with Gasteiger partial charge in [0.05, 0.1) is 16.3 Å². The summed E-state index contributed by atoms with van der Waals surface area (Å²) >= 11 is 0. The Hall–Kier alpha value is -3.96. The lowest BCUT2D eigenvalue weighted by Gasteiger charge is -2.10. The molecule has 0 radical (unpaired) electrons. The van der Waals surface area contributed by atoms with Gasteiger partial charge in [-0.15, -0.1) is 5.10 Å². The molecule has 31 heavy (non-hydrogen) atoms. The van der Waals surface area contributed by atoms with Crippen LogP contribution in [0.15, 0.2) is 48.5 Å². The molecule has 0 saturated carbocycles. The zero-order valence-electron chi connectivity index (χ0n) is 16.1. The van der Waals surface area contributed by atoms with Crippen molar-refractivity contribution in [3.8, 4) is 11.4 Å². The SMILES string of the molecule is Cc1c(C(=O)NCc2cccc(OCC(F)(F)F)c2)nnn1-c1cccc([N+](=O)[O-])c1. The first-order valence-corrected chi connectivity index (χ1v) is 8.88. The maximum absolute atomic E-state index is 12.5. The molecule has 0 aliphatic rings. The molecular formula is C19H16F3N5O4. The number of ether oxygens (including phenoxy) is 1. The molecule has 0 bridgehead atoms. The number of amides is 1. The molecular weight excluding hydrogens is 419 g/mol. The molecule has 1 N–H and O–H groups in total. The van der Waals surface area contributed by atoms with Crippen LogP contribution in [0.1, 0.15) is 21.7 Å². The Morgan fingerprint density at radius 1 is 1.23 bits per heavy atom. The molecule has 162 valence electrons. The van der Waals surface area contributed by atoms with Gasteiger partial charge in [-0.2, -0.15) is 13.2 Å². The monoisotopic (exact) mass is 435 g/mol. The summed E-state index contributed by atoms with van der Waals surface area (Å²) in [7, 11) is 0. The van der Waals surface area contributed by atoms with Gasteiger partial charge in [-0.3, -0.25) is 14.9 Å². The summed E-state index contributed by atoms with van der Waals surface area (Å²) in [6, 6.07) is 11.6. The first-order chi connectivity index (χ1) is 14.6. The van der Waals surface area contributed by atoms with Gasteiger partial charge in [0.2, 0.25) is 0 Å². The average molecular weight is 435 g/mol. The van der Waals surface area contributed by atoms with Crippen LogP contribution in [0.4, 0.5) is 18.9 Å². The number of benzene rings is 2. The predicted octanol–water partition coefficient (Wildman–Crippen LogP) is 3.36. The molecule has 3 rings (SSSR count). The second kappa shape index (κ2) is 8.81. The molecule has 1 aromatic heterocycles. The zero-order chi connectivity index (χ0) is 22.6. The Kier molecular flexibility index (Phi) is 6.18. The van der Waals surface area contributed by atoms with Gasteiger partial charge in [-0.1, -0.05) is 23.4 Å². The average Bonchev–Trinajstić information content (AvgIpc) is 3.12. The molecule has 12 heteroatoms. The second-order valence-electron chi connectivity index (χ2n) is 6.45. The van der Waals surface area contributed by atoms with Crippen LogP contribution in [0.2, 0.25) is 0 Å². The van der Waals surface area contributed by atoms with Crippen LogP contribution < -0.4 is 10.1 Å². The smallest absolute Gasteiger partial charge is 0.422 e. The van der Waals surface area contributed by atoms with Crippen LogP contribution in [0.25, 0.3) is 5.69 Å². The first-order valence-electron chi connectivity index (χ1n) is 8.88. The van der Waals surface area contributed by atoms with Crippen molar-refractivity contribution >= 4 is 11.6 Å². The third kappa shape index (κ3) is 5.56. The van der Waals surface area contributed by atoms with E-state index in [0.717, 1.165) is 0 Å². The lowest BCUT2D eigenvalue weighted by atomic mass is 10.2. The highest BCUT2D eigenvalue weighted by Crippen LogP contribution is 2.20. The number of halogens is 3. The largest absolute Gasteiger partial charge is 0.484 e. The van der Waals surface area contributed by atoms with Gasteiger partial charge in [-0.05, 0) is 30.7 Å². The van der Waals surface area contributed by atoms with Crippen molar-refractivity contribution in [1.29, 1.82) is 0 Å². The van der Waals surface area contributed by atoms with Crippen molar-refractivity contribution < 1.29 is 27.6 Å². The molecule has 0 aliphatic carbocycles. The van der Waals surface area contributed by atoms with Crippen molar-refractivity contribution in [2.24, 2.45) is 0 Å². The number of non-ortho nitro benzene ring substituents is 1. The topological polar surface area (TPSA) is 112 Å². The third-order valence-electron chi connectivity index (χ3n) is 4.15. The Balaban J connectivity index is 1.68. The maximum Gasteiger partial charge on any atom is 0.422 e. The number of carbonyl (C=O) groups excluding carboxylic acids is 1. The molecule has 0 spiro atoms. The summed E-state index contributed by atoms with van der Waals surface area (Å²) in [6.07, 6.45) is -4.45. The molecule has 1 amide bonds. The van der Waals surface area contributed by atoms with Gasteiger partial charge in [0.1, 0.15) is 5.75 Å². The number of rotatable bonds is 7. The zero-order valence-corrected chi connectivity index (χ0v) is 16.1. The highest BCUT2D eigenvalue weighted by Gasteiger charge is 2.28. The summed E-state index contributed by atoms with van der Waals surface area (Å²) in [5, 5.41) is 21.3. The summed E-state index contributed by atoms with van der Waals surface area (Å²) in [4.78, 5) is 22.9. The van der Waals surface area contributed by atoms with E-state index in [2.05, 4.69) is 20.4 Å². The van der Waals surface area contributed by atoms with Crippen LogP contribution in [0.5, 0.6) is 5.75 Å². The van der Waals surface area contributed by atoms with Gasteiger partial charge in [-0.25, -0.2) is 4.68 Å². The minimum atomic E-state index is -4.45. The quantitative estimate of drug-likeness (QED) is 0.450. The number of hydrogen-bond acceptors (Lipinski definition) is 6. The molecule has 1 heterocycles. The van der Waals surface area contributed by atoms with Gasteiger partial charge < -0.3 is 10.1 Å². The number of nitro benzene ring substituents is 1. The van der Waals surface area contributed by atoms with Gasteiger partial charge in [0.15, 0.2) is 12.3 Å². The molecule has 0 fully saturated rings. The van der Waals surface area contributed by atoms with E-state index in [1.165, 1.54) is 41.1 Å². The number of nitrogens with one attached hydrogen (secondary N) is 1. The number of alkyl halides is 3. The minimum Gasteiger partial charge on any atom is -0.484 e. The number of nitro groups is 1. The van der Waals surface area contributed by atoms with Crippen LogP contribution in [-0.4, -0.2) is 38.6 Å². The highest BCUT2D eigenvalue weighted by atomic mass is 19.4. The van der Waals surface area contributed by atoms with E-state index in [9.17, 15) is 28.1 Å². The Morgan fingerprint density at radius 2 is 1.97 bits per heavy atom. The van der Waals surface area contributed by atoms with Crippen LogP contribution in [0, 0.1) is 17.0 Å². The number of nitrogens with zero attached hydrogens (tertiary/aromatic N) is 4. The second-order valence-corrected chi connectivity index (χ2v) is 6.45.